The van der Waals surface area contributed by atoms with E-state index in [1.54, 1.807) is 23.9 Å². The van der Waals surface area contributed by atoms with Gasteiger partial charge in [0.25, 0.3) is 0 Å². The Morgan fingerprint density at radius 2 is 1.30 bits per heavy atom. The Labute approximate surface area is 135 Å². The summed E-state index contributed by atoms with van der Waals surface area (Å²) in [7, 11) is -1.27. The van der Waals surface area contributed by atoms with Crippen molar-refractivity contribution < 1.29 is 17.3 Å². The van der Waals surface area contributed by atoms with Gasteiger partial charge in [0.05, 0.1) is 0 Å². The maximum atomic E-state index is 10.8. The Morgan fingerprint density at radius 3 is 1.65 bits per heavy atom. The van der Waals surface area contributed by atoms with Crippen LogP contribution in [-0.4, -0.2) is 33.0 Å². The summed E-state index contributed by atoms with van der Waals surface area (Å²) in [5, 5.41) is 3.58. The van der Waals surface area contributed by atoms with Crippen LogP contribution in [-0.2, 0) is 14.7 Å². The molecule has 2 aromatic carbocycles. The molecule has 0 fully saturated rings. The number of guanidine groups is 1. The van der Waals surface area contributed by atoms with Crippen molar-refractivity contribution in [3.8, 4) is 0 Å². The molecular weight excluding hydrogens is 318 g/mol. The van der Waals surface area contributed by atoms with Gasteiger partial charge in [-0.2, -0.15) is 8.42 Å². The molecule has 2 rings (SSSR count). The van der Waals surface area contributed by atoms with Gasteiger partial charge in [0.1, 0.15) is 0 Å². The third-order valence-electron chi connectivity index (χ3n) is 3.10. The summed E-state index contributed by atoms with van der Waals surface area (Å²) in [6, 6.07) is 18.4. The molecule has 7 nitrogen and oxygen atoms in total. The summed E-state index contributed by atoms with van der Waals surface area (Å²) in [6.07, 6.45) is 0. The minimum absolute atomic E-state index is 0.181. The third-order valence-corrected chi connectivity index (χ3v) is 3.36. The number of para-hydroxylation sites is 2. The van der Waals surface area contributed by atoms with Crippen molar-refractivity contribution in [3.63, 3.8) is 0 Å². The van der Waals surface area contributed by atoms with Crippen LogP contribution in [0.2, 0.25) is 0 Å². The van der Waals surface area contributed by atoms with Gasteiger partial charge >= 0.3 is 10.4 Å². The topological polar surface area (TPSA) is 82.4 Å². The van der Waals surface area contributed by atoms with Crippen molar-refractivity contribution in [1.29, 1.82) is 0 Å². The van der Waals surface area contributed by atoms with Crippen molar-refractivity contribution in [3.05, 3.63) is 60.7 Å². The lowest BCUT2D eigenvalue weighted by Crippen LogP contribution is -2.40. The summed E-state index contributed by atoms with van der Waals surface area (Å²) >= 11 is 0. The lowest BCUT2D eigenvalue weighted by Gasteiger charge is -2.28. The first-order valence-corrected chi connectivity index (χ1v) is 8.06. The van der Waals surface area contributed by atoms with Crippen molar-refractivity contribution in [2.45, 2.75) is 0 Å². The van der Waals surface area contributed by atoms with E-state index in [0.29, 0.717) is 0 Å². The van der Waals surface area contributed by atoms with Crippen LogP contribution >= 0.6 is 0 Å². The zero-order valence-electron chi connectivity index (χ0n) is 12.7. The molecule has 0 heterocycles. The molecule has 0 aliphatic carbocycles. The Bertz CT molecular complexity index is 716. The minimum atomic E-state index is -4.69. The van der Waals surface area contributed by atoms with E-state index >= 15 is 0 Å². The number of hydrogen-bond donors (Lipinski definition) is 1. The van der Waals surface area contributed by atoms with Crippen molar-refractivity contribution in [2.75, 3.05) is 23.9 Å². The van der Waals surface area contributed by atoms with Crippen molar-refractivity contribution in [2.24, 2.45) is 5.16 Å². The Balaban J connectivity index is 2.39. The summed E-state index contributed by atoms with van der Waals surface area (Å²) in [5.74, 6) is 0.181. The van der Waals surface area contributed by atoms with Crippen molar-refractivity contribution in [1.82, 2.24) is 0 Å². The van der Waals surface area contributed by atoms with Crippen molar-refractivity contribution >= 4 is 27.7 Å². The second-order valence-corrected chi connectivity index (χ2v) is 5.69. The maximum absolute atomic E-state index is 10.8. The summed E-state index contributed by atoms with van der Waals surface area (Å²) in [4.78, 5) is 3.27. The maximum Gasteiger partial charge on any atom is 0.466 e. The summed E-state index contributed by atoms with van der Waals surface area (Å²) < 4.78 is 34.7. The molecule has 0 bridgehead atoms. The molecule has 0 saturated carbocycles. The standard InChI is InChI=1S/C15H17N3O4S/c1-17(13-9-5-3-6-10-13)15(16-22-23(19,20)21)18(2)14-11-7-4-8-12-14/h3-12H,1-2H3,(H,19,20,21). The summed E-state index contributed by atoms with van der Waals surface area (Å²) in [6.45, 7) is 0. The van der Waals surface area contributed by atoms with Gasteiger partial charge in [-0.25, -0.2) is 4.28 Å². The van der Waals surface area contributed by atoms with Gasteiger partial charge in [0.2, 0.25) is 5.96 Å². The number of nitrogens with zero attached hydrogens (tertiary/aromatic N) is 3. The Hall–Kier alpha value is -2.58. The Kier molecular flexibility index (Phi) is 5.20. The van der Waals surface area contributed by atoms with Crippen LogP contribution < -0.4 is 9.80 Å². The quantitative estimate of drug-likeness (QED) is 0.400. The van der Waals surface area contributed by atoms with E-state index in [-0.39, 0.29) is 5.96 Å². The number of benzene rings is 2. The molecule has 0 aliphatic heterocycles. The largest absolute Gasteiger partial charge is 0.466 e. The molecule has 0 radical (unpaired) electrons. The van der Waals surface area contributed by atoms with E-state index in [1.807, 2.05) is 60.7 Å². The highest BCUT2D eigenvalue weighted by Crippen LogP contribution is 2.18. The van der Waals surface area contributed by atoms with Gasteiger partial charge in [-0.3, -0.25) is 4.55 Å². The van der Waals surface area contributed by atoms with Gasteiger partial charge in [-0.05, 0) is 29.4 Å². The average molecular weight is 335 g/mol. The fourth-order valence-electron chi connectivity index (χ4n) is 1.96. The number of anilines is 2. The molecule has 0 unspecified atom stereocenters. The highest BCUT2D eigenvalue weighted by atomic mass is 32.3. The molecule has 0 aliphatic rings. The van der Waals surface area contributed by atoms with Gasteiger partial charge in [0.15, 0.2) is 0 Å². The predicted octanol–water partition coefficient (Wildman–Crippen LogP) is 2.35. The molecular formula is C15H17N3O4S. The number of hydrogen-bond acceptors (Lipinski definition) is 4. The highest BCUT2D eigenvalue weighted by Gasteiger charge is 2.18. The first kappa shape index (κ1) is 16.8. The minimum Gasteiger partial charge on any atom is -0.312 e. The lowest BCUT2D eigenvalue weighted by molar-refractivity contribution is 0.281. The second kappa shape index (κ2) is 7.12. The predicted molar refractivity (Wildman–Crippen MR) is 89.8 cm³/mol. The van der Waals surface area contributed by atoms with Gasteiger partial charge in [-0.1, -0.05) is 36.4 Å². The average Bonchev–Trinajstić information content (AvgIpc) is 2.55. The molecule has 8 heteroatoms. The second-order valence-electron chi connectivity index (χ2n) is 4.68. The van der Waals surface area contributed by atoms with E-state index in [9.17, 15) is 8.42 Å². The smallest absolute Gasteiger partial charge is 0.312 e. The van der Waals surface area contributed by atoms with E-state index < -0.39 is 10.4 Å². The van der Waals surface area contributed by atoms with E-state index in [0.717, 1.165) is 11.4 Å². The van der Waals surface area contributed by atoms with Crippen LogP contribution in [0.15, 0.2) is 65.8 Å². The van der Waals surface area contributed by atoms with Crippen LogP contribution in [0.5, 0.6) is 0 Å². The van der Waals surface area contributed by atoms with Crippen LogP contribution in [0.1, 0.15) is 0 Å². The SMILES string of the molecule is CN(C(=NOS(=O)(=O)O)N(C)c1ccccc1)c1ccccc1. The lowest BCUT2D eigenvalue weighted by atomic mass is 10.3. The van der Waals surface area contributed by atoms with E-state index in [4.69, 9.17) is 4.55 Å². The normalized spacial score (nSPS) is 10.7. The van der Waals surface area contributed by atoms with Gasteiger partial charge < -0.3 is 9.80 Å². The zero-order chi connectivity index (χ0) is 16.9. The molecule has 1 N–H and O–H groups in total. The zero-order valence-corrected chi connectivity index (χ0v) is 13.5. The molecule has 0 amide bonds. The highest BCUT2D eigenvalue weighted by molar-refractivity contribution is 7.80. The van der Waals surface area contributed by atoms with Crippen LogP contribution in [0, 0.1) is 0 Å². The van der Waals surface area contributed by atoms with Crippen LogP contribution in [0.25, 0.3) is 0 Å². The first-order valence-electron chi connectivity index (χ1n) is 6.70. The number of rotatable bonds is 4. The monoisotopic (exact) mass is 335 g/mol. The third kappa shape index (κ3) is 4.70. The molecule has 0 atom stereocenters. The van der Waals surface area contributed by atoms with Gasteiger partial charge in [0, 0.05) is 25.5 Å². The molecule has 0 spiro atoms. The molecule has 0 saturated heterocycles. The fraction of sp³-hybridized carbons (Fsp3) is 0.133. The number of oxime groups is 1. The molecule has 2 aromatic rings. The molecule has 23 heavy (non-hydrogen) atoms. The van der Waals surface area contributed by atoms with E-state index in [1.165, 1.54) is 0 Å². The van der Waals surface area contributed by atoms with Gasteiger partial charge in [-0.15, -0.1) is 0 Å². The van der Waals surface area contributed by atoms with E-state index in [2.05, 4.69) is 9.44 Å². The Morgan fingerprint density at radius 1 is 0.913 bits per heavy atom. The molecule has 0 aromatic heterocycles. The van der Waals surface area contributed by atoms with Crippen LogP contribution in [0.4, 0.5) is 11.4 Å². The molecule has 122 valence electrons. The fourth-order valence-corrected chi connectivity index (χ4v) is 2.12. The summed E-state index contributed by atoms with van der Waals surface area (Å²) in [5.41, 5.74) is 1.54. The van der Waals surface area contributed by atoms with Crippen LogP contribution in [0.3, 0.4) is 0 Å². The first-order chi connectivity index (χ1) is 10.9.